The number of carboxylic acid groups (broad SMARTS) is 1. The standard InChI is InChI=1S/C15H23N3O3/c1-14(2,3)18-9-11(8-16-18)12(19)17-7-5-6-15(4,10-17)13(20)21/h8-9H,5-7,10H2,1-4H3,(H,20,21). The fourth-order valence-electron chi connectivity index (χ4n) is 2.57. The monoisotopic (exact) mass is 293 g/mol. The van der Waals surface area contributed by atoms with Crippen LogP contribution in [0, 0.1) is 5.41 Å². The Balaban J connectivity index is 2.17. The number of aromatic nitrogens is 2. The van der Waals surface area contributed by atoms with Gasteiger partial charge in [0, 0.05) is 19.3 Å². The molecule has 1 N–H and O–H groups in total. The molecule has 1 aliphatic heterocycles. The van der Waals surface area contributed by atoms with Gasteiger partial charge in [0.05, 0.1) is 22.7 Å². The fourth-order valence-corrected chi connectivity index (χ4v) is 2.57. The van der Waals surface area contributed by atoms with Crippen molar-refractivity contribution in [3.05, 3.63) is 18.0 Å². The molecule has 1 amide bonds. The number of likely N-dealkylation sites (tertiary alicyclic amines) is 1. The van der Waals surface area contributed by atoms with Crippen LogP contribution in [-0.4, -0.2) is 44.8 Å². The first-order valence-corrected chi connectivity index (χ1v) is 7.21. The van der Waals surface area contributed by atoms with Crippen LogP contribution in [0.25, 0.3) is 0 Å². The molecule has 1 aromatic rings. The SMILES string of the molecule is CC1(C(=O)O)CCCN(C(=O)c2cnn(C(C)(C)C)c2)C1. The summed E-state index contributed by atoms with van der Waals surface area (Å²) in [6.45, 7) is 8.58. The van der Waals surface area contributed by atoms with Crippen LogP contribution in [-0.2, 0) is 10.3 Å². The van der Waals surface area contributed by atoms with E-state index < -0.39 is 11.4 Å². The number of amides is 1. The van der Waals surface area contributed by atoms with Gasteiger partial charge in [-0.2, -0.15) is 5.10 Å². The van der Waals surface area contributed by atoms with Crippen LogP contribution in [0.2, 0.25) is 0 Å². The minimum Gasteiger partial charge on any atom is -0.481 e. The van der Waals surface area contributed by atoms with Gasteiger partial charge in [-0.15, -0.1) is 0 Å². The van der Waals surface area contributed by atoms with Gasteiger partial charge < -0.3 is 10.0 Å². The molecule has 6 nitrogen and oxygen atoms in total. The van der Waals surface area contributed by atoms with E-state index >= 15 is 0 Å². The van der Waals surface area contributed by atoms with E-state index in [9.17, 15) is 14.7 Å². The predicted molar refractivity (Wildman–Crippen MR) is 78.1 cm³/mol. The average molecular weight is 293 g/mol. The second-order valence-corrected chi connectivity index (χ2v) is 7.04. The van der Waals surface area contributed by atoms with Crippen molar-refractivity contribution in [3.63, 3.8) is 0 Å². The molecular weight excluding hydrogens is 270 g/mol. The molecule has 116 valence electrons. The first kappa shape index (κ1) is 15.5. The summed E-state index contributed by atoms with van der Waals surface area (Å²) in [5.74, 6) is -0.983. The van der Waals surface area contributed by atoms with Gasteiger partial charge in [0.2, 0.25) is 0 Å². The lowest BCUT2D eigenvalue weighted by Crippen LogP contribution is -2.48. The zero-order chi connectivity index (χ0) is 15.8. The van der Waals surface area contributed by atoms with Crippen LogP contribution in [0.3, 0.4) is 0 Å². The summed E-state index contributed by atoms with van der Waals surface area (Å²) in [4.78, 5) is 25.5. The van der Waals surface area contributed by atoms with Crippen LogP contribution in [0.15, 0.2) is 12.4 Å². The number of hydrogen-bond acceptors (Lipinski definition) is 3. The zero-order valence-electron chi connectivity index (χ0n) is 13.1. The van der Waals surface area contributed by atoms with Gasteiger partial charge in [0.1, 0.15) is 0 Å². The molecule has 6 heteroatoms. The van der Waals surface area contributed by atoms with Gasteiger partial charge in [-0.3, -0.25) is 14.3 Å². The highest BCUT2D eigenvalue weighted by molar-refractivity contribution is 5.94. The summed E-state index contributed by atoms with van der Waals surface area (Å²) in [5, 5.41) is 13.6. The molecular formula is C15H23N3O3. The number of piperidine rings is 1. The number of carbonyl (C=O) groups is 2. The van der Waals surface area contributed by atoms with Crippen LogP contribution in [0.1, 0.15) is 50.9 Å². The van der Waals surface area contributed by atoms with Crippen LogP contribution in [0.4, 0.5) is 0 Å². The lowest BCUT2D eigenvalue weighted by atomic mass is 9.82. The summed E-state index contributed by atoms with van der Waals surface area (Å²) in [7, 11) is 0. The number of nitrogens with zero attached hydrogens (tertiary/aromatic N) is 3. The van der Waals surface area contributed by atoms with Crippen molar-refractivity contribution in [1.82, 2.24) is 14.7 Å². The molecule has 0 radical (unpaired) electrons. The van der Waals surface area contributed by atoms with Gasteiger partial charge in [-0.1, -0.05) is 0 Å². The molecule has 0 bridgehead atoms. The van der Waals surface area contributed by atoms with Crippen LogP contribution < -0.4 is 0 Å². The Morgan fingerprint density at radius 3 is 2.57 bits per heavy atom. The van der Waals surface area contributed by atoms with E-state index in [0.29, 0.717) is 24.9 Å². The quantitative estimate of drug-likeness (QED) is 0.904. The van der Waals surface area contributed by atoms with E-state index in [2.05, 4.69) is 5.10 Å². The van der Waals surface area contributed by atoms with Crippen molar-refractivity contribution in [1.29, 1.82) is 0 Å². The first-order valence-electron chi connectivity index (χ1n) is 7.21. The maximum Gasteiger partial charge on any atom is 0.311 e. The molecule has 1 aromatic heterocycles. The second-order valence-electron chi connectivity index (χ2n) is 7.04. The minimum absolute atomic E-state index is 0.141. The fraction of sp³-hybridized carbons (Fsp3) is 0.667. The van der Waals surface area contributed by atoms with Gasteiger partial charge in [-0.05, 0) is 40.5 Å². The molecule has 2 heterocycles. The third kappa shape index (κ3) is 3.09. The van der Waals surface area contributed by atoms with Crippen LogP contribution in [0.5, 0.6) is 0 Å². The summed E-state index contributed by atoms with van der Waals surface area (Å²) in [5.41, 5.74) is -0.524. The highest BCUT2D eigenvalue weighted by atomic mass is 16.4. The van der Waals surface area contributed by atoms with Gasteiger partial charge in [0.15, 0.2) is 0 Å². The number of aliphatic carboxylic acids is 1. The first-order chi connectivity index (χ1) is 9.63. The normalized spacial score (nSPS) is 23.1. The summed E-state index contributed by atoms with van der Waals surface area (Å²) >= 11 is 0. The highest BCUT2D eigenvalue weighted by Crippen LogP contribution is 2.30. The van der Waals surface area contributed by atoms with E-state index in [1.807, 2.05) is 20.8 Å². The highest BCUT2D eigenvalue weighted by Gasteiger charge is 2.39. The summed E-state index contributed by atoms with van der Waals surface area (Å²) in [6.07, 6.45) is 4.60. The van der Waals surface area contributed by atoms with Crippen LogP contribution >= 0.6 is 0 Å². The van der Waals surface area contributed by atoms with Crippen molar-refractivity contribution in [2.45, 2.75) is 46.1 Å². The maximum absolute atomic E-state index is 12.5. The van der Waals surface area contributed by atoms with E-state index in [4.69, 9.17) is 0 Å². The molecule has 21 heavy (non-hydrogen) atoms. The van der Waals surface area contributed by atoms with E-state index in [1.165, 1.54) is 0 Å². The molecule has 0 aliphatic carbocycles. The molecule has 1 fully saturated rings. The Morgan fingerprint density at radius 2 is 2.05 bits per heavy atom. The molecule has 1 unspecified atom stereocenters. The third-order valence-corrected chi connectivity index (χ3v) is 4.02. The van der Waals surface area contributed by atoms with E-state index in [1.54, 1.807) is 28.9 Å². The molecule has 0 saturated carbocycles. The largest absolute Gasteiger partial charge is 0.481 e. The maximum atomic E-state index is 12.5. The molecule has 0 spiro atoms. The number of rotatable bonds is 2. The lowest BCUT2D eigenvalue weighted by molar-refractivity contribution is -0.150. The van der Waals surface area contributed by atoms with Crippen molar-refractivity contribution in [2.24, 2.45) is 5.41 Å². The molecule has 2 rings (SSSR count). The van der Waals surface area contributed by atoms with Crippen molar-refractivity contribution in [2.75, 3.05) is 13.1 Å². The molecule has 1 aliphatic rings. The molecule has 0 aromatic carbocycles. The number of hydrogen-bond donors (Lipinski definition) is 1. The lowest BCUT2D eigenvalue weighted by Gasteiger charge is -2.37. The average Bonchev–Trinajstić information content (AvgIpc) is 2.87. The van der Waals surface area contributed by atoms with E-state index in [0.717, 1.165) is 0 Å². The summed E-state index contributed by atoms with van der Waals surface area (Å²) in [6, 6.07) is 0. The Hall–Kier alpha value is -1.85. The van der Waals surface area contributed by atoms with Gasteiger partial charge in [0.25, 0.3) is 5.91 Å². The van der Waals surface area contributed by atoms with Crippen molar-refractivity contribution < 1.29 is 14.7 Å². The second kappa shape index (κ2) is 5.16. The molecule has 1 saturated heterocycles. The van der Waals surface area contributed by atoms with Gasteiger partial charge in [-0.25, -0.2) is 0 Å². The topological polar surface area (TPSA) is 75.4 Å². The number of carbonyl (C=O) groups excluding carboxylic acids is 1. The Bertz CT molecular complexity index is 559. The Labute approximate surface area is 124 Å². The summed E-state index contributed by atoms with van der Waals surface area (Å²) < 4.78 is 1.75. The Kier molecular flexibility index (Phi) is 3.82. The number of carboxylic acids is 1. The van der Waals surface area contributed by atoms with E-state index in [-0.39, 0.29) is 18.0 Å². The predicted octanol–water partition coefficient (Wildman–Crippen LogP) is 1.96. The smallest absolute Gasteiger partial charge is 0.311 e. The van der Waals surface area contributed by atoms with Crippen molar-refractivity contribution >= 4 is 11.9 Å². The Morgan fingerprint density at radius 1 is 1.38 bits per heavy atom. The third-order valence-electron chi connectivity index (χ3n) is 4.02. The molecule has 1 atom stereocenters. The van der Waals surface area contributed by atoms with Crippen molar-refractivity contribution in [3.8, 4) is 0 Å². The van der Waals surface area contributed by atoms with Gasteiger partial charge >= 0.3 is 5.97 Å². The minimum atomic E-state index is -0.853. The zero-order valence-corrected chi connectivity index (χ0v) is 13.1.